The van der Waals surface area contributed by atoms with Crippen LogP contribution in [-0.4, -0.2) is 48.4 Å². The number of aliphatic hydroxyl groups excluding tert-OH is 1. The predicted octanol–water partition coefficient (Wildman–Crippen LogP) is 15.0. The molecular formula is C48H98NO7P. The second kappa shape index (κ2) is 46.6. The highest BCUT2D eigenvalue weighted by Crippen LogP contribution is 2.42. The third-order valence-corrected chi connectivity index (χ3v) is 12.5. The number of carbonyl (C=O) groups is 1. The van der Waals surface area contributed by atoms with E-state index in [1.54, 1.807) is 0 Å². The topological polar surface area (TPSA) is 128 Å². The van der Waals surface area contributed by atoms with Gasteiger partial charge in [-0.3, -0.25) is 13.8 Å². The van der Waals surface area contributed by atoms with E-state index in [1.807, 2.05) is 0 Å². The maximum absolute atomic E-state index is 11.9. The lowest BCUT2D eigenvalue weighted by Gasteiger charge is -2.15. The van der Waals surface area contributed by atoms with Gasteiger partial charge >= 0.3 is 13.8 Å². The van der Waals surface area contributed by atoms with Crippen LogP contribution in [0.1, 0.15) is 270 Å². The summed E-state index contributed by atoms with van der Waals surface area (Å²) < 4.78 is 25.8. The molecule has 0 saturated carbocycles. The summed E-state index contributed by atoms with van der Waals surface area (Å²) >= 11 is 0. The minimum absolute atomic E-state index is 0.0773. The molecule has 342 valence electrons. The van der Waals surface area contributed by atoms with Gasteiger partial charge in [-0.25, -0.2) is 4.57 Å². The molecular weight excluding hydrogens is 734 g/mol. The van der Waals surface area contributed by atoms with E-state index in [9.17, 15) is 19.4 Å². The molecule has 8 nitrogen and oxygen atoms in total. The van der Waals surface area contributed by atoms with Crippen molar-refractivity contribution < 1.29 is 33.1 Å². The van der Waals surface area contributed by atoms with Gasteiger partial charge in [-0.2, -0.15) is 0 Å². The zero-order chi connectivity index (χ0) is 41.6. The Morgan fingerprint density at radius 3 is 0.982 bits per heavy atom. The Hall–Kier alpha value is -0.500. The van der Waals surface area contributed by atoms with Crippen LogP contribution in [0.4, 0.5) is 0 Å². The van der Waals surface area contributed by atoms with E-state index >= 15 is 0 Å². The SMILES string of the molecule is CCCCCCCCCCCCCCCCCCCCCCCCCCCCCCCCCCCCCCCCCCC(=O)OCC(O)COP(=O)(O)OCCN. The van der Waals surface area contributed by atoms with Crippen molar-refractivity contribution in [3.63, 3.8) is 0 Å². The summed E-state index contributed by atoms with van der Waals surface area (Å²) in [5.41, 5.74) is 5.21. The molecule has 0 heterocycles. The molecule has 0 saturated heterocycles. The molecule has 0 aromatic heterocycles. The van der Waals surface area contributed by atoms with Crippen molar-refractivity contribution in [1.29, 1.82) is 0 Å². The zero-order valence-electron chi connectivity index (χ0n) is 37.9. The number of phosphoric acid groups is 1. The summed E-state index contributed by atoms with van der Waals surface area (Å²) in [7, 11) is -4.25. The van der Waals surface area contributed by atoms with E-state index in [2.05, 4.69) is 16.0 Å². The smallest absolute Gasteiger partial charge is 0.463 e. The van der Waals surface area contributed by atoms with Gasteiger partial charge in [0, 0.05) is 13.0 Å². The first-order valence-corrected chi connectivity index (χ1v) is 26.6. The molecule has 0 aromatic carbocycles. The number of unbranched alkanes of at least 4 members (excludes halogenated alkanes) is 39. The Morgan fingerprint density at radius 2 is 0.719 bits per heavy atom. The molecule has 0 aromatic rings. The van der Waals surface area contributed by atoms with E-state index in [0.717, 1.165) is 19.3 Å². The number of phosphoric ester groups is 1. The van der Waals surface area contributed by atoms with E-state index < -0.39 is 20.5 Å². The average Bonchev–Trinajstić information content (AvgIpc) is 3.20. The van der Waals surface area contributed by atoms with Crippen molar-refractivity contribution in [3.05, 3.63) is 0 Å². The second-order valence-electron chi connectivity index (χ2n) is 17.3. The minimum atomic E-state index is -4.25. The second-order valence-corrected chi connectivity index (χ2v) is 18.7. The van der Waals surface area contributed by atoms with Crippen LogP contribution in [0.15, 0.2) is 0 Å². The van der Waals surface area contributed by atoms with Gasteiger partial charge in [-0.1, -0.05) is 257 Å². The molecule has 0 aliphatic rings. The largest absolute Gasteiger partial charge is 0.472 e. The molecule has 0 bridgehead atoms. The highest BCUT2D eigenvalue weighted by Gasteiger charge is 2.22. The number of aliphatic hydroxyl groups is 1. The minimum Gasteiger partial charge on any atom is -0.463 e. The molecule has 0 radical (unpaired) electrons. The number of hydrogen-bond donors (Lipinski definition) is 3. The molecule has 9 heteroatoms. The van der Waals surface area contributed by atoms with Crippen molar-refractivity contribution >= 4 is 13.8 Å². The number of nitrogens with two attached hydrogens (primary N) is 1. The lowest BCUT2D eigenvalue weighted by Crippen LogP contribution is -2.23. The molecule has 0 amide bonds. The molecule has 2 atom stereocenters. The fourth-order valence-electron chi connectivity index (χ4n) is 7.76. The van der Waals surface area contributed by atoms with Gasteiger partial charge < -0.3 is 20.5 Å². The lowest BCUT2D eigenvalue weighted by atomic mass is 10.0. The monoisotopic (exact) mass is 832 g/mol. The summed E-state index contributed by atoms with van der Waals surface area (Å²) in [6.07, 6.45) is 54.9. The Balaban J connectivity index is 3.19. The average molecular weight is 832 g/mol. The van der Waals surface area contributed by atoms with Gasteiger partial charge in [0.25, 0.3) is 0 Å². The standard InChI is InChI=1S/C48H98NO7P/c1-2-3-4-5-6-7-8-9-10-11-12-13-14-15-16-17-18-19-20-21-22-23-24-25-26-27-28-29-30-31-32-33-34-35-36-37-38-39-40-41-42-48(51)54-45-47(50)46-56-57(52,53)55-44-43-49/h47,50H,2-46,49H2,1H3,(H,52,53). The van der Waals surface area contributed by atoms with E-state index in [1.165, 1.54) is 238 Å². The summed E-state index contributed by atoms with van der Waals surface area (Å²) in [6.45, 7) is 1.50. The van der Waals surface area contributed by atoms with Crippen LogP contribution < -0.4 is 5.73 Å². The maximum atomic E-state index is 11.9. The highest BCUT2D eigenvalue weighted by atomic mass is 31.2. The van der Waals surface area contributed by atoms with Crippen LogP contribution >= 0.6 is 7.82 Å². The van der Waals surface area contributed by atoms with Gasteiger partial charge in [0.2, 0.25) is 0 Å². The number of hydrogen-bond acceptors (Lipinski definition) is 7. The maximum Gasteiger partial charge on any atom is 0.472 e. The quantitative estimate of drug-likeness (QED) is 0.0314. The normalized spacial score (nSPS) is 13.3. The summed E-state index contributed by atoms with van der Waals surface area (Å²) in [5.74, 6) is -0.378. The van der Waals surface area contributed by atoms with Crippen LogP contribution in [0, 0.1) is 0 Å². The predicted molar refractivity (Wildman–Crippen MR) is 243 cm³/mol. The molecule has 57 heavy (non-hydrogen) atoms. The van der Waals surface area contributed by atoms with Crippen molar-refractivity contribution in [2.45, 2.75) is 276 Å². The van der Waals surface area contributed by atoms with E-state index in [4.69, 9.17) is 10.5 Å². The van der Waals surface area contributed by atoms with Crippen molar-refractivity contribution in [3.8, 4) is 0 Å². The third-order valence-electron chi connectivity index (χ3n) is 11.5. The van der Waals surface area contributed by atoms with Gasteiger partial charge in [-0.05, 0) is 6.42 Å². The van der Waals surface area contributed by atoms with Gasteiger partial charge in [0.1, 0.15) is 12.7 Å². The Bertz CT molecular complexity index is 848. The number of ether oxygens (including phenoxy) is 1. The Kier molecular flexibility index (Phi) is 46.2. The van der Waals surface area contributed by atoms with Crippen molar-refractivity contribution in [2.24, 2.45) is 5.73 Å². The first-order chi connectivity index (χ1) is 27.9. The Labute approximate surface area is 354 Å². The fraction of sp³-hybridized carbons (Fsp3) is 0.979. The third kappa shape index (κ3) is 48.0. The van der Waals surface area contributed by atoms with E-state index in [0.29, 0.717) is 6.42 Å². The van der Waals surface area contributed by atoms with Crippen LogP contribution in [0.25, 0.3) is 0 Å². The van der Waals surface area contributed by atoms with Gasteiger partial charge in [0.15, 0.2) is 0 Å². The van der Waals surface area contributed by atoms with E-state index in [-0.39, 0.29) is 25.7 Å². The highest BCUT2D eigenvalue weighted by molar-refractivity contribution is 7.47. The molecule has 4 N–H and O–H groups in total. The summed E-state index contributed by atoms with van der Waals surface area (Å²) in [4.78, 5) is 21.3. The summed E-state index contributed by atoms with van der Waals surface area (Å²) in [6, 6.07) is 0. The lowest BCUT2D eigenvalue weighted by molar-refractivity contribution is -0.147. The molecule has 0 spiro atoms. The molecule has 2 unspecified atom stereocenters. The Morgan fingerprint density at radius 1 is 0.456 bits per heavy atom. The van der Waals surface area contributed by atoms with Crippen LogP contribution in [0.3, 0.4) is 0 Å². The van der Waals surface area contributed by atoms with Crippen molar-refractivity contribution in [2.75, 3.05) is 26.4 Å². The summed E-state index contributed by atoms with van der Waals surface area (Å²) in [5, 5.41) is 9.78. The molecule has 0 fully saturated rings. The van der Waals surface area contributed by atoms with Gasteiger partial charge in [0.05, 0.1) is 13.2 Å². The first kappa shape index (κ1) is 56.5. The van der Waals surface area contributed by atoms with Gasteiger partial charge in [-0.15, -0.1) is 0 Å². The van der Waals surface area contributed by atoms with Crippen molar-refractivity contribution in [1.82, 2.24) is 0 Å². The van der Waals surface area contributed by atoms with Crippen LogP contribution in [-0.2, 0) is 23.1 Å². The van der Waals surface area contributed by atoms with Crippen LogP contribution in [0.5, 0.6) is 0 Å². The fourth-order valence-corrected chi connectivity index (χ4v) is 8.53. The zero-order valence-corrected chi connectivity index (χ0v) is 38.8. The number of rotatable bonds is 49. The van der Waals surface area contributed by atoms with Crippen LogP contribution in [0.2, 0.25) is 0 Å². The number of carbonyl (C=O) groups excluding carboxylic acids is 1. The molecule has 0 aliphatic carbocycles. The molecule has 0 aliphatic heterocycles. The molecule has 0 rings (SSSR count). The number of esters is 1. The first-order valence-electron chi connectivity index (χ1n) is 25.1.